The van der Waals surface area contributed by atoms with Gasteiger partial charge >= 0.3 is 0 Å². The molecule has 6 heteroatoms. The Balaban J connectivity index is 2.13. The molecule has 5 nitrogen and oxygen atoms in total. The summed E-state index contributed by atoms with van der Waals surface area (Å²) in [5.41, 5.74) is 6.73. The third kappa shape index (κ3) is 5.16. The Bertz CT molecular complexity index is 844. The minimum atomic E-state index is -3.45. The first-order valence-electron chi connectivity index (χ1n) is 8.47. The molecule has 0 fully saturated rings. The Morgan fingerprint density at radius 1 is 1.04 bits per heavy atom. The number of carbonyl (C=O) groups is 1. The lowest BCUT2D eigenvalue weighted by molar-refractivity contribution is 0.0740. The van der Waals surface area contributed by atoms with Crippen molar-refractivity contribution in [2.24, 2.45) is 11.1 Å². The van der Waals surface area contributed by atoms with Crippen molar-refractivity contribution in [1.82, 2.24) is 4.90 Å². The van der Waals surface area contributed by atoms with Crippen LogP contribution in [0.1, 0.15) is 29.8 Å². The molecule has 0 spiro atoms. The average molecular weight is 375 g/mol. The summed E-state index contributed by atoms with van der Waals surface area (Å²) in [7, 11) is -1.73. The van der Waals surface area contributed by atoms with Gasteiger partial charge in [0.15, 0.2) is 9.84 Å². The van der Waals surface area contributed by atoms with E-state index in [-0.39, 0.29) is 22.0 Å². The van der Waals surface area contributed by atoms with Gasteiger partial charge < -0.3 is 10.6 Å². The lowest BCUT2D eigenvalue weighted by Gasteiger charge is -2.29. The number of hydrogen-bond donors (Lipinski definition) is 1. The summed E-state index contributed by atoms with van der Waals surface area (Å²) >= 11 is 0. The minimum absolute atomic E-state index is 0.0638. The standard InChI is InChI=1S/C20H26N2O3S/c1-20(2,14-21)15-22(3)19(23)17-9-11-18(12-10-17)26(24,25)13-16-7-5-4-6-8-16/h4-12H,13-15,21H2,1-3H3. The molecule has 2 aromatic carbocycles. The van der Waals surface area contributed by atoms with Gasteiger partial charge in [-0.2, -0.15) is 0 Å². The van der Waals surface area contributed by atoms with E-state index in [0.717, 1.165) is 5.56 Å². The molecule has 0 aliphatic carbocycles. The molecular weight excluding hydrogens is 348 g/mol. The molecule has 1 amide bonds. The molecule has 0 saturated carbocycles. The minimum Gasteiger partial charge on any atom is -0.341 e. The van der Waals surface area contributed by atoms with E-state index in [1.165, 1.54) is 12.1 Å². The van der Waals surface area contributed by atoms with Crippen LogP contribution in [0.3, 0.4) is 0 Å². The fraction of sp³-hybridized carbons (Fsp3) is 0.350. The Morgan fingerprint density at radius 3 is 2.15 bits per heavy atom. The van der Waals surface area contributed by atoms with Gasteiger partial charge in [-0.1, -0.05) is 44.2 Å². The van der Waals surface area contributed by atoms with Gasteiger partial charge in [0.05, 0.1) is 10.6 Å². The van der Waals surface area contributed by atoms with E-state index in [1.54, 1.807) is 36.2 Å². The first-order valence-corrected chi connectivity index (χ1v) is 10.1. The second-order valence-electron chi connectivity index (χ2n) is 7.30. The van der Waals surface area contributed by atoms with Gasteiger partial charge in [0.1, 0.15) is 0 Å². The predicted molar refractivity (Wildman–Crippen MR) is 104 cm³/mol. The van der Waals surface area contributed by atoms with Gasteiger partial charge in [0.2, 0.25) is 0 Å². The Kier molecular flexibility index (Phi) is 6.21. The highest BCUT2D eigenvalue weighted by atomic mass is 32.2. The maximum absolute atomic E-state index is 12.5. The zero-order valence-electron chi connectivity index (χ0n) is 15.5. The van der Waals surface area contributed by atoms with Crippen molar-refractivity contribution in [3.05, 3.63) is 65.7 Å². The van der Waals surface area contributed by atoms with Crippen LogP contribution in [0.15, 0.2) is 59.5 Å². The second-order valence-corrected chi connectivity index (χ2v) is 9.29. The first-order chi connectivity index (χ1) is 12.1. The molecule has 0 atom stereocenters. The Morgan fingerprint density at radius 2 is 1.62 bits per heavy atom. The number of amides is 1. The second kappa shape index (κ2) is 8.01. The van der Waals surface area contributed by atoms with E-state index in [9.17, 15) is 13.2 Å². The Hall–Kier alpha value is -2.18. The summed E-state index contributed by atoms with van der Waals surface area (Å²) in [6.45, 7) is 4.99. The van der Waals surface area contributed by atoms with Crippen LogP contribution < -0.4 is 5.73 Å². The van der Waals surface area contributed by atoms with Crippen LogP contribution >= 0.6 is 0 Å². The van der Waals surface area contributed by atoms with Crippen LogP contribution in [-0.2, 0) is 15.6 Å². The van der Waals surface area contributed by atoms with Crippen LogP contribution in [0.4, 0.5) is 0 Å². The summed E-state index contributed by atoms with van der Waals surface area (Å²) in [5, 5.41) is 0. The summed E-state index contributed by atoms with van der Waals surface area (Å²) < 4.78 is 25.1. The fourth-order valence-electron chi connectivity index (χ4n) is 2.68. The number of hydrogen-bond acceptors (Lipinski definition) is 4. The third-order valence-electron chi connectivity index (χ3n) is 4.22. The average Bonchev–Trinajstić information content (AvgIpc) is 2.61. The van der Waals surface area contributed by atoms with Crippen LogP contribution in [0, 0.1) is 5.41 Å². The van der Waals surface area contributed by atoms with Crippen molar-refractivity contribution in [2.45, 2.75) is 24.5 Å². The lowest BCUT2D eigenvalue weighted by Crippen LogP contribution is -2.39. The molecule has 0 heterocycles. The topological polar surface area (TPSA) is 80.5 Å². The largest absolute Gasteiger partial charge is 0.341 e. The number of benzene rings is 2. The molecule has 0 aliphatic rings. The highest BCUT2D eigenvalue weighted by molar-refractivity contribution is 7.90. The highest BCUT2D eigenvalue weighted by Crippen LogP contribution is 2.19. The summed E-state index contributed by atoms with van der Waals surface area (Å²) in [5.74, 6) is -0.218. The number of carbonyl (C=O) groups excluding carboxylic acids is 1. The maximum Gasteiger partial charge on any atom is 0.253 e. The van der Waals surface area contributed by atoms with Crippen LogP contribution in [0.2, 0.25) is 0 Å². The van der Waals surface area contributed by atoms with Crippen molar-refractivity contribution in [2.75, 3.05) is 20.1 Å². The fourth-order valence-corrected chi connectivity index (χ4v) is 4.03. The number of rotatable bonds is 7. The van der Waals surface area contributed by atoms with E-state index in [2.05, 4.69) is 0 Å². The first kappa shape index (κ1) is 20.1. The maximum atomic E-state index is 12.5. The van der Waals surface area contributed by atoms with Gasteiger partial charge in [-0.15, -0.1) is 0 Å². The molecule has 0 radical (unpaired) electrons. The summed E-state index contributed by atoms with van der Waals surface area (Å²) in [6, 6.07) is 15.1. The van der Waals surface area contributed by atoms with E-state index >= 15 is 0 Å². The normalized spacial score (nSPS) is 12.0. The zero-order chi connectivity index (χ0) is 19.4. The monoisotopic (exact) mass is 374 g/mol. The molecule has 0 saturated heterocycles. The van der Waals surface area contributed by atoms with Crippen LogP contribution in [0.5, 0.6) is 0 Å². The van der Waals surface area contributed by atoms with Gasteiger partial charge in [-0.25, -0.2) is 8.42 Å². The third-order valence-corrected chi connectivity index (χ3v) is 5.93. The van der Waals surface area contributed by atoms with Crippen molar-refractivity contribution in [3.8, 4) is 0 Å². The molecule has 2 aromatic rings. The molecule has 0 unspecified atom stereocenters. The molecule has 26 heavy (non-hydrogen) atoms. The van der Waals surface area contributed by atoms with Crippen LogP contribution in [-0.4, -0.2) is 39.4 Å². The van der Waals surface area contributed by atoms with Crippen molar-refractivity contribution >= 4 is 15.7 Å². The smallest absolute Gasteiger partial charge is 0.253 e. The van der Waals surface area contributed by atoms with E-state index < -0.39 is 9.84 Å². The SMILES string of the molecule is CN(CC(C)(C)CN)C(=O)c1ccc(S(=O)(=O)Cc2ccccc2)cc1. The summed E-state index contributed by atoms with van der Waals surface area (Å²) in [4.78, 5) is 14.3. The van der Waals surface area contributed by atoms with Gasteiger partial charge in [0, 0.05) is 19.2 Å². The van der Waals surface area contributed by atoms with Crippen LogP contribution in [0.25, 0.3) is 0 Å². The van der Waals surface area contributed by atoms with Crippen molar-refractivity contribution in [3.63, 3.8) is 0 Å². The molecule has 2 rings (SSSR count). The molecule has 0 aromatic heterocycles. The molecular formula is C20H26N2O3S. The van der Waals surface area contributed by atoms with E-state index in [1.807, 2.05) is 32.0 Å². The number of sulfone groups is 1. The number of nitrogens with two attached hydrogens (primary N) is 1. The Labute approximate surface area is 155 Å². The summed E-state index contributed by atoms with van der Waals surface area (Å²) in [6.07, 6.45) is 0. The quantitative estimate of drug-likeness (QED) is 0.808. The molecule has 0 bridgehead atoms. The van der Waals surface area contributed by atoms with E-state index in [4.69, 9.17) is 5.73 Å². The van der Waals surface area contributed by atoms with Crippen molar-refractivity contribution in [1.29, 1.82) is 0 Å². The molecule has 0 aliphatic heterocycles. The van der Waals surface area contributed by atoms with Gasteiger partial charge in [0.25, 0.3) is 5.91 Å². The molecule has 2 N–H and O–H groups in total. The van der Waals surface area contributed by atoms with Gasteiger partial charge in [-0.3, -0.25) is 4.79 Å². The van der Waals surface area contributed by atoms with Crippen molar-refractivity contribution < 1.29 is 13.2 Å². The number of nitrogens with zero attached hydrogens (tertiary/aromatic N) is 1. The zero-order valence-corrected chi connectivity index (χ0v) is 16.3. The lowest BCUT2D eigenvalue weighted by atomic mass is 9.93. The highest BCUT2D eigenvalue weighted by Gasteiger charge is 2.22. The predicted octanol–water partition coefficient (Wildman–Crippen LogP) is 2.72. The van der Waals surface area contributed by atoms with Gasteiger partial charge in [-0.05, 0) is 41.8 Å². The molecule has 140 valence electrons. The van der Waals surface area contributed by atoms with E-state index in [0.29, 0.717) is 18.7 Å².